The zero-order valence-electron chi connectivity index (χ0n) is 23.6. The first kappa shape index (κ1) is 28.3. The SMILES string of the molecule is CCOC(=O)C(C)(C)Oc1c(C)cc([C@H]2CN(Cc3ccccc3)C[C@@H]2Cc2ccc(SC)cc2)cc1C. The van der Waals surface area contributed by atoms with E-state index in [1.807, 2.05) is 6.92 Å². The van der Waals surface area contributed by atoms with Gasteiger partial charge in [0.05, 0.1) is 6.61 Å². The van der Waals surface area contributed by atoms with Gasteiger partial charge in [-0.25, -0.2) is 4.79 Å². The van der Waals surface area contributed by atoms with E-state index in [4.69, 9.17) is 9.47 Å². The van der Waals surface area contributed by atoms with Gasteiger partial charge in [0, 0.05) is 30.4 Å². The Morgan fingerprint density at radius 2 is 1.63 bits per heavy atom. The molecule has 202 valence electrons. The summed E-state index contributed by atoms with van der Waals surface area (Å²) in [6.45, 7) is 12.9. The van der Waals surface area contributed by atoms with E-state index in [2.05, 4.69) is 91.7 Å². The van der Waals surface area contributed by atoms with Crippen LogP contribution in [0.15, 0.2) is 71.6 Å². The van der Waals surface area contributed by atoms with Crippen molar-refractivity contribution in [2.75, 3.05) is 26.0 Å². The quantitative estimate of drug-likeness (QED) is 0.204. The molecule has 0 amide bonds. The second kappa shape index (κ2) is 12.4. The molecule has 1 heterocycles. The number of carbonyl (C=O) groups is 1. The van der Waals surface area contributed by atoms with Crippen LogP contribution >= 0.6 is 11.8 Å². The molecule has 2 atom stereocenters. The highest BCUT2D eigenvalue weighted by molar-refractivity contribution is 7.98. The average Bonchev–Trinajstić information content (AvgIpc) is 3.29. The number of hydrogen-bond donors (Lipinski definition) is 0. The Morgan fingerprint density at radius 1 is 0.974 bits per heavy atom. The Bertz CT molecular complexity index is 1200. The minimum Gasteiger partial charge on any atom is -0.476 e. The van der Waals surface area contributed by atoms with E-state index in [0.29, 0.717) is 18.4 Å². The zero-order chi connectivity index (χ0) is 27.3. The second-order valence-corrected chi connectivity index (χ2v) is 11.8. The van der Waals surface area contributed by atoms with Crippen LogP contribution in [-0.4, -0.2) is 42.4 Å². The summed E-state index contributed by atoms with van der Waals surface area (Å²) in [7, 11) is 0. The Hall–Kier alpha value is -2.76. The maximum Gasteiger partial charge on any atom is 0.349 e. The molecule has 0 spiro atoms. The summed E-state index contributed by atoms with van der Waals surface area (Å²) in [4.78, 5) is 16.4. The van der Waals surface area contributed by atoms with Crippen molar-refractivity contribution in [3.63, 3.8) is 0 Å². The predicted octanol–water partition coefficient (Wildman–Crippen LogP) is 7.20. The van der Waals surface area contributed by atoms with Crippen molar-refractivity contribution in [1.29, 1.82) is 0 Å². The third-order valence-corrected chi connectivity index (χ3v) is 8.20. The molecule has 0 unspecified atom stereocenters. The van der Waals surface area contributed by atoms with Gasteiger partial charge in [0.1, 0.15) is 5.75 Å². The van der Waals surface area contributed by atoms with E-state index in [1.54, 1.807) is 25.6 Å². The Balaban J connectivity index is 1.59. The van der Waals surface area contributed by atoms with Gasteiger partial charge in [0.25, 0.3) is 0 Å². The third kappa shape index (κ3) is 6.81. The van der Waals surface area contributed by atoms with Gasteiger partial charge >= 0.3 is 5.97 Å². The van der Waals surface area contributed by atoms with Crippen LogP contribution in [0.2, 0.25) is 0 Å². The molecule has 1 fully saturated rings. The van der Waals surface area contributed by atoms with Crippen LogP contribution in [0.3, 0.4) is 0 Å². The summed E-state index contributed by atoms with van der Waals surface area (Å²) >= 11 is 1.78. The highest BCUT2D eigenvalue weighted by Crippen LogP contribution is 2.39. The number of likely N-dealkylation sites (tertiary alicyclic amines) is 1. The molecule has 1 aliphatic rings. The first-order valence-corrected chi connectivity index (χ1v) is 14.8. The van der Waals surface area contributed by atoms with Crippen LogP contribution in [0.25, 0.3) is 0 Å². The Morgan fingerprint density at radius 3 is 2.24 bits per heavy atom. The number of carbonyl (C=O) groups excluding carboxylic acids is 1. The van der Waals surface area contributed by atoms with Crippen LogP contribution in [0.4, 0.5) is 0 Å². The largest absolute Gasteiger partial charge is 0.476 e. The van der Waals surface area contributed by atoms with Gasteiger partial charge in [-0.2, -0.15) is 0 Å². The summed E-state index contributed by atoms with van der Waals surface area (Å²) in [6, 6.07) is 24.3. The maximum atomic E-state index is 12.5. The van der Waals surface area contributed by atoms with Crippen molar-refractivity contribution < 1.29 is 14.3 Å². The number of benzene rings is 3. The van der Waals surface area contributed by atoms with Crippen molar-refractivity contribution in [3.05, 3.63) is 94.5 Å². The number of hydrogen-bond acceptors (Lipinski definition) is 5. The third-order valence-electron chi connectivity index (χ3n) is 7.46. The standard InChI is InChI=1S/C33H41NO3S/c1-7-36-32(35)33(4,5)37-31-23(2)17-27(18-24(31)3)30-22-34(20-26-11-9-8-10-12-26)21-28(30)19-25-13-15-29(38-6)16-14-25/h8-18,28,30H,7,19-22H2,1-6H3/t28-,30+/m0/s1. The number of ether oxygens (including phenoxy) is 2. The zero-order valence-corrected chi connectivity index (χ0v) is 24.4. The van der Waals surface area contributed by atoms with E-state index in [0.717, 1.165) is 42.9 Å². The fourth-order valence-corrected chi connectivity index (χ4v) is 5.95. The van der Waals surface area contributed by atoms with Gasteiger partial charge < -0.3 is 9.47 Å². The van der Waals surface area contributed by atoms with Gasteiger partial charge in [-0.1, -0.05) is 54.6 Å². The lowest BCUT2D eigenvalue weighted by Crippen LogP contribution is -2.40. The van der Waals surface area contributed by atoms with Crippen molar-refractivity contribution in [1.82, 2.24) is 4.90 Å². The Kier molecular flexibility index (Phi) is 9.22. The van der Waals surface area contributed by atoms with Crippen LogP contribution in [0.1, 0.15) is 54.5 Å². The summed E-state index contributed by atoms with van der Waals surface area (Å²) in [5, 5.41) is 0. The molecule has 0 N–H and O–H groups in total. The second-order valence-electron chi connectivity index (χ2n) is 10.9. The minimum atomic E-state index is -1.04. The molecule has 38 heavy (non-hydrogen) atoms. The highest BCUT2D eigenvalue weighted by atomic mass is 32.2. The summed E-state index contributed by atoms with van der Waals surface area (Å²) in [5.41, 5.74) is 5.17. The lowest BCUT2D eigenvalue weighted by atomic mass is 9.83. The molecule has 0 aromatic heterocycles. The molecular weight excluding hydrogens is 490 g/mol. The lowest BCUT2D eigenvalue weighted by Gasteiger charge is -2.27. The van der Waals surface area contributed by atoms with Crippen molar-refractivity contribution in [2.45, 2.75) is 64.0 Å². The van der Waals surface area contributed by atoms with E-state index < -0.39 is 5.60 Å². The normalized spacial score (nSPS) is 17.9. The van der Waals surface area contributed by atoms with Crippen molar-refractivity contribution in [3.8, 4) is 5.75 Å². The molecule has 3 aromatic carbocycles. The Labute approximate surface area is 232 Å². The number of esters is 1. The number of thioether (sulfide) groups is 1. The van der Waals surface area contributed by atoms with Crippen LogP contribution < -0.4 is 4.74 Å². The average molecular weight is 532 g/mol. The van der Waals surface area contributed by atoms with E-state index in [9.17, 15) is 4.79 Å². The van der Waals surface area contributed by atoms with Gasteiger partial charge in [-0.3, -0.25) is 4.90 Å². The molecule has 1 aliphatic heterocycles. The summed E-state index contributed by atoms with van der Waals surface area (Å²) < 4.78 is 11.5. The molecule has 0 aliphatic carbocycles. The molecule has 4 nitrogen and oxygen atoms in total. The monoisotopic (exact) mass is 531 g/mol. The topological polar surface area (TPSA) is 38.8 Å². The first-order valence-electron chi connectivity index (χ1n) is 13.6. The fraction of sp³-hybridized carbons (Fsp3) is 0.424. The van der Waals surface area contributed by atoms with E-state index >= 15 is 0 Å². The van der Waals surface area contributed by atoms with Crippen molar-refractivity contribution >= 4 is 17.7 Å². The lowest BCUT2D eigenvalue weighted by molar-refractivity contribution is -0.158. The van der Waals surface area contributed by atoms with Gasteiger partial charge in [-0.05, 0) is 93.2 Å². The fourth-order valence-electron chi connectivity index (χ4n) is 5.54. The molecule has 4 rings (SSSR count). The van der Waals surface area contributed by atoms with E-state index in [1.165, 1.54) is 21.6 Å². The maximum absolute atomic E-state index is 12.5. The minimum absolute atomic E-state index is 0.338. The molecule has 3 aromatic rings. The molecule has 5 heteroatoms. The highest BCUT2D eigenvalue weighted by Gasteiger charge is 2.36. The summed E-state index contributed by atoms with van der Waals surface area (Å²) in [5.74, 6) is 1.36. The number of aryl methyl sites for hydroxylation is 2. The molecule has 0 saturated carbocycles. The van der Waals surface area contributed by atoms with Gasteiger partial charge in [-0.15, -0.1) is 11.8 Å². The number of rotatable bonds is 10. The molecule has 1 saturated heterocycles. The number of nitrogens with zero attached hydrogens (tertiary/aromatic N) is 1. The van der Waals surface area contributed by atoms with Crippen LogP contribution in [0, 0.1) is 19.8 Å². The summed E-state index contributed by atoms with van der Waals surface area (Å²) in [6.07, 6.45) is 3.17. The molecule has 0 bridgehead atoms. The first-order chi connectivity index (χ1) is 18.2. The van der Waals surface area contributed by atoms with Crippen LogP contribution in [0.5, 0.6) is 5.75 Å². The van der Waals surface area contributed by atoms with Crippen molar-refractivity contribution in [2.24, 2.45) is 5.92 Å². The van der Waals surface area contributed by atoms with Crippen LogP contribution in [-0.2, 0) is 22.5 Å². The van der Waals surface area contributed by atoms with Gasteiger partial charge in [0.15, 0.2) is 5.60 Å². The predicted molar refractivity (Wildman–Crippen MR) is 157 cm³/mol. The smallest absolute Gasteiger partial charge is 0.349 e. The van der Waals surface area contributed by atoms with E-state index in [-0.39, 0.29) is 5.97 Å². The molecule has 0 radical (unpaired) electrons. The van der Waals surface area contributed by atoms with Gasteiger partial charge in [0.2, 0.25) is 0 Å². The molecular formula is C33H41NO3S.